The largest absolute Gasteiger partial charge is 0.483 e. The molecule has 0 bridgehead atoms. The third-order valence-corrected chi connectivity index (χ3v) is 4.12. The minimum atomic E-state index is -0.282. The number of amides is 1. The third kappa shape index (κ3) is 2.94. The molecule has 0 aliphatic heterocycles. The Morgan fingerprint density at radius 3 is 2.91 bits per heavy atom. The monoisotopic (exact) mass is 316 g/mol. The fraction of sp³-hybridized carbons (Fsp3) is 0.267. The minimum Gasteiger partial charge on any atom is -0.483 e. The van der Waals surface area contributed by atoms with Gasteiger partial charge in [-0.25, -0.2) is 4.52 Å². The fourth-order valence-electron chi connectivity index (χ4n) is 2.11. The molecule has 0 fully saturated rings. The molecular weight excluding hydrogens is 300 g/mol. The number of carbonyl (C=O) groups is 1. The van der Waals surface area contributed by atoms with E-state index in [1.165, 1.54) is 11.3 Å². The summed E-state index contributed by atoms with van der Waals surface area (Å²) < 4.78 is 7.23. The zero-order chi connectivity index (χ0) is 15.7. The second-order valence-corrected chi connectivity index (χ2v) is 5.95. The van der Waals surface area contributed by atoms with Crippen LogP contribution in [-0.4, -0.2) is 27.1 Å². The Labute approximate surface area is 131 Å². The Morgan fingerprint density at radius 2 is 2.18 bits per heavy atom. The predicted octanol–water partition coefficient (Wildman–Crippen LogP) is 2.73. The summed E-state index contributed by atoms with van der Waals surface area (Å²) >= 11 is 1.48. The van der Waals surface area contributed by atoms with Gasteiger partial charge in [0, 0.05) is 5.38 Å². The van der Waals surface area contributed by atoms with Gasteiger partial charge in [-0.05, 0) is 32.4 Å². The van der Waals surface area contributed by atoms with E-state index in [9.17, 15) is 4.79 Å². The SMILES string of the molecule is Cc1ccc(OCC(=O)Nc2nc3scc(C)n3n2)c(C)c1. The van der Waals surface area contributed by atoms with E-state index >= 15 is 0 Å². The van der Waals surface area contributed by atoms with Gasteiger partial charge in [0.2, 0.25) is 4.96 Å². The number of aryl methyl sites for hydroxylation is 3. The average Bonchev–Trinajstić information content (AvgIpc) is 3.00. The molecule has 0 saturated heterocycles. The van der Waals surface area contributed by atoms with Crippen molar-refractivity contribution in [1.82, 2.24) is 14.6 Å². The lowest BCUT2D eigenvalue weighted by Crippen LogP contribution is -2.21. The van der Waals surface area contributed by atoms with E-state index in [2.05, 4.69) is 15.4 Å². The summed E-state index contributed by atoms with van der Waals surface area (Å²) in [6.45, 7) is 5.83. The van der Waals surface area contributed by atoms with Gasteiger partial charge in [0.25, 0.3) is 11.9 Å². The number of rotatable bonds is 4. The molecular formula is C15H16N4O2S. The molecule has 6 nitrogen and oxygen atoms in total. The lowest BCUT2D eigenvalue weighted by molar-refractivity contribution is -0.118. The molecule has 1 amide bonds. The van der Waals surface area contributed by atoms with E-state index < -0.39 is 0 Å². The molecule has 22 heavy (non-hydrogen) atoms. The summed E-state index contributed by atoms with van der Waals surface area (Å²) in [6, 6.07) is 5.83. The highest BCUT2D eigenvalue weighted by Crippen LogP contribution is 2.19. The van der Waals surface area contributed by atoms with Crippen LogP contribution in [0.5, 0.6) is 5.75 Å². The van der Waals surface area contributed by atoms with Gasteiger partial charge in [0.15, 0.2) is 6.61 Å². The van der Waals surface area contributed by atoms with Crippen LogP contribution in [0.4, 0.5) is 5.95 Å². The van der Waals surface area contributed by atoms with Gasteiger partial charge in [-0.2, -0.15) is 4.98 Å². The van der Waals surface area contributed by atoms with Crippen molar-refractivity contribution in [3.63, 3.8) is 0 Å². The van der Waals surface area contributed by atoms with Crippen molar-refractivity contribution in [2.75, 3.05) is 11.9 Å². The van der Waals surface area contributed by atoms with Crippen LogP contribution in [0.15, 0.2) is 23.6 Å². The van der Waals surface area contributed by atoms with E-state index in [0.29, 0.717) is 11.7 Å². The lowest BCUT2D eigenvalue weighted by Gasteiger charge is -2.08. The van der Waals surface area contributed by atoms with Crippen LogP contribution in [0, 0.1) is 20.8 Å². The fourth-order valence-corrected chi connectivity index (χ4v) is 2.91. The van der Waals surface area contributed by atoms with Crippen molar-refractivity contribution in [1.29, 1.82) is 0 Å². The molecule has 0 aliphatic carbocycles. The highest BCUT2D eigenvalue weighted by Gasteiger charge is 2.11. The molecule has 114 valence electrons. The quantitative estimate of drug-likeness (QED) is 0.803. The molecule has 0 aliphatic rings. The highest BCUT2D eigenvalue weighted by atomic mass is 32.1. The van der Waals surface area contributed by atoms with Gasteiger partial charge in [0.05, 0.1) is 5.69 Å². The van der Waals surface area contributed by atoms with E-state index in [1.807, 2.05) is 44.4 Å². The van der Waals surface area contributed by atoms with Gasteiger partial charge < -0.3 is 4.74 Å². The molecule has 0 unspecified atom stereocenters. The first-order valence-electron chi connectivity index (χ1n) is 6.84. The van der Waals surface area contributed by atoms with Crippen molar-refractivity contribution in [2.24, 2.45) is 0 Å². The first kappa shape index (κ1) is 14.5. The molecule has 7 heteroatoms. The Balaban J connectivity index is 1.62. The number of fused-ring (bicyclic) bond motifs is 1. The molecule has 3 aromatic rings. The summed E-state index contributed by atoms with van der Waals surface area (Å²) in [5, 5.41) is 8.83. The Bertz CT molecular complexity index is 837. The molecule has 1 N–H and O–H groups in total. The van der Waals surface area contributed by atoms with Crippen LogP contribution in [0.2, 0.25) is 0 Å². The van der Waals surface area contributed by atoms with Gasteiger partial charge in [-0.3, -0.25) is 10.1 Å². The molecule has 0 radical (unpaired) electrons. The first-order valence-corrected chi connectivity index (χ1v) is 7.71. The van der Waals surface area contributed by atoms with Crippen molar-refractivity contribution < 1.29 is 9.53 Å². The zero-order valence-electron chi connectivity index (χ0n) is 12.6. The van der Waals surface area contributed by atoms with Crippen molar-refractivity contribution in [3.8, 4) is 5.75 Å². The second-order valence-electron chi connectivity index (χ2n) is 5.11. The molecule has 0 atom stereocenters. The molecule has 0 saturated carbocycles. The number of carbonyl (C=O) groups excluding carboxylic acids is 1. The highest BCUT2D eigenvalue weighted by molar-refractivity contribution is 7.15. The number of anilines is 1. The number of hydrogen-bond donors (Lipinski definition) is 1. The number of nitrogens with zero attached hydrogens (tertiary/aromatic N) is 3. The van der Waals surface area contributed by atoms with Gasteiger partial charge >= 0.3 is 0 Å². The van der Waals surface area contributed by atoms with Crippen LogP contribution in [0.1, 0.15) is 16.8 Å². The molecule has 1 aromatic carbocycles. The number of aromatic nitrogens is 3. The third-order valence-electron chi connectivity index (χ3n) is 3.19. The van der Waals surface area contributed by atoms with Gasteiger partial charge in [0.1, 0.15) is 5.75 Å². The van der Waals surface area contributed by atoms with Gasteiger partial charge in [-0.15, -0.1) is 16.4 Å². The van der Waals surface area contributed by atoms with E-state index in [1.54, 1.807) is 4.52 Å². The smallest absolute Gasteiger partial charge is 0.264 e. The van der Waals surface area contributed by atoms with Crippen LogP contribution < -0.4 is 10.1 Å². The maximum atomic E-state index is 11.9. The van der Waals surface area contributed by atoms with E-state index in [-0.39, 0.29) is 12.5 Å². The normalized spacial score (nSPS) is 10.9. The summed E-state index contributed by atoms with van der Waals surface area (Å²) in [4.78, 5) is 16.9. The molecule has 0 spiro atoms. The number of nitrogens with one attached hydrogen (secondary N) is 1. The predicted molar refractivity (Wildman–Crippen MR) is 85.6 cm³/mol. The second kappa shape index (κ2) is 5.76. The van der Waals surface area contributed by atoms with Crippen LogP contribution in [0.3, 0.4) is 0 Å². The van der Waals surface area contributed by atoms with E-state index in [0.717, 1.165) is 21.8 Å². The zero-order valence-corrected chi connectivity index (χ0v) is 13.4. The minimum absolute atomic E-state index is 0.0737. The summed E-state index contributed by atoms with van der Waals surface area (Å²) in [5.41, 5.74) is 3.15. The molecule has 2 aromatic heterocycles. The molecule has 3 rings (SSSR count). The number of thiazole rings is 1. The standard InChI is InChI=1S/C15H16N4O2S/c1-9-4-5-12(10(2)6-9)21-7-13(20)16-14-17-15-19(18-14)11(3)8-22-15/h4-6,8H,7H2,1-3H3,(H,16,18,20). The number of benzene rings is 1. The molecule has 2 heterocycles. The number of hydrogen-bond acceptors (Lipinski definition) is 5. The summed E-state index contributed by atoms with van der Waals surface area (Å²) in [7, 11) is 0. The first-order chi connectivity index (χ1) is 10.5. The van der Waals surface area contributed by atoms with Crippen LogP contribution >= 0.6 is 11.3 Å². The summed E-state index contributed by atoms with van der Waals surface area (Å²) in [6.07, 6.45) is 0. The van der Waals surface area contributed by atoms with Crippen molar-refractivity contribution in [3.05, 3.63) is 40.4 Å². The Morgan fingerprint density at radius 1 is 1.36 bits per heavy atom. The van der Waals surface area contributed by atoms with Crippen LogP contribution in [-0.2, 0) is 4.79 Å². The Kier molecular flexibility index (Phi) is 3.81. The lowest BCUT2D eigenvalue weighted by atomic mass is 10.1. The maximum absolute atomic E-state index is 11.9. The summed E-state index contributed by atoms with van der Waals surface area (Å²) in [5.74, 6) is 0.718. The average molecular weight is 316 g/mol. The van der Waals surface area contributed by atoms with Gasteiger partial charge in [-0.1, -0.05) is 17.7 Å². The Hall–Kier alpha value is -2.41. The topological polar surface area (TPSA) is 68.5 Å². The van der Waals surface area contributed by atoms with Crippen molar-refractivity contribution in [2.45, 2.75) is 20.8 Å². The van der Waals surface area contributed by atoms with Crippen molar-refractivity contribution >= 4 is 28.2 Å². The van der Waals surface area contributed by atoms with Crippen LogP contribution in [0.25, 0.3) is 4.96 Å². The maximum Gasteiger partial charge on any atom is 0.264 e. The van der Waals surface area contributed by atoms with E-state index in [4.69, 9.17) is 4.74 Å². The number of ether oxygens (including phenoxy) is 1.